The normalized spacial score (nSPS) is 22.4. The molecule has 1 fully saturated rings. The highest BCUT2D eigenvalue weighted by molar-refractivity contribution is 6.30. The van der Waals surface area contributed by atoms with Gasteiger partial charge in [-0.1, -0.05) is 16.8 Å². The minimum Gasteiger partial charge on any atom is -0.395 e. The van der Waals surface area contributed by atoms with E-state index in [0.717, 1.165) is 0 Å². The Hall–Kier alpha value is -1.57. The molecule has 2 atom stereocenters. The number of aromatic nitrogens is 3. The van der Waals surface area contributed by atoms with E-state index in [2.05, 4.69) is 10.3 Å². The summed E-state index contributed by atoms with van der Waals surface area (Å²) in [5, 5.41) is 17.3. The quantitative estimate of drug-likeness (QED) is 0.932. The van der Waals surface area contributed by atoms with Crippen LogP contribution < -0.4 is 0 Å². The number of alkyl halides is 1. The first-order valence-corrected chi connectivity index (χ1v) is 7.30. The molecule has 0 aliphatic carbocycles. The standard InChI is InChI=1S/C14H15ClF2N4O/c15-13-4-11(1-2-14(13)17)21-7-10(18-19-21)6-20-5-9(16)3-12(20)8-22/h1-2,4,7,9,12,22H,3,5-6,8H2/t9-,12-/m0/s1. The zero-order chi connectivity index (χ0) is 15.7. The highest BCUT2D eigenvalue weighted by atomic mass is 35.5. The molecular weight excluding hydrogens is 314 g/mol. The summed E-state index contributed by atoms with van der Waals surface area (Å²) in [6, 6.07) is 4.07. The maximum Gasteiger partial charge on any atom is 0.141 e. The number of likely N-dealkylation sites (tertiary alicyclic amines) is 1. The van der Waals surface area contributed by atoms with Crippen molar-refractivity contribution in [3.8, 4) is 5.69 Å². The molecule has 1 saturated heterocycles. The van der Waals surface area contributed by atoms with Gasteiger partial charge >= 0.3 is 0 Å². The zero-order valence-electron chi connectivity index (χ0n) is 11.7. The van der Waals surface area contributed by atoms with Gasteiger partial charge in [0.2, 0.25) is 0 Å². The molecule has 2 heterocycles. The predicted molar refractivity (Wildman–Crippen MR) is 77.1 cm³/mol. The number of halogens is 3. The second-order valence-electron chi connectivity index (χ2n) is 5.35. The minimum absolute atomic E-state index is 0.00899. The monoisotopic (exact) mass is 328 g/mol. The number of nitrogens with zero attached hydrogens (tertiary/aromatic N) is 4. The molecule has 0 spiro atoms. The van der Waals surface area contributed by atoms with Gasteiger partial charge in [0.25, 0.3) is 0 Å². The maximum atomic E-state index is 13.4. The largest absolute Gasteiger partial charge is 0.395 e. The van der Waals surface area contributed by atoms with Gasteiger partial charge in [-0.2, -0.15) is 0 Å². The summed E-state index contributed by atoms with van der Waals surface area (Å²) in [4.78, 5) is 1.84. The topological polar surface area (TPSA) is 54.2 Å². The SMILES string of the molecule is OC[C@@H]1C[C@H](F)CN1Cc1cn(-c2ccc(F)c(Cl)c2)nn1. The van der Waals surface area contributed by atoms with E-state index < -0.39 is 12.0 Å². The molecule has 0 unspecified atom stereocenters. The summed E-state index contributed by atoms with van der Waals surface area (Å²) < 4.78 is 28.1. The predicted octanol–water partition coefficient (Wildman–Crippen LogP) is 1.96. The molecule has 22 heavy (non-hydrogen) atoms. The Morgan fingerprint density at radius 2 is 2.23 bits per heavy atom. The van der Waals surface area contributed by atoms with Gasteiger partial charge in [-0.15, -0.1) is 5.10 Å². The van der Waals surface area contributed by atoms with Gasteiger partial charge in [0.1, 0.15) is 12.0 Å². The third-order valence-electron chi connectivity index (χ3n) is 3.76. The van der Waals surface area contributed by atoms with Gasteiger partial charge in [-0.05, 0) is 24.6 Å². The fraction of sp³-hybridized carbons (Fsp3) is 0.429. The van der Waals surface area contributed by atoms with Crippen molar-refractivity contribution >= 4 is 11.6 Å². The van der Waals surface area contributed by atoms with Gasteiger partial charge in [-0.25, -0.2) is 13.5 Å². The third-order valence-corrected chi connectivity index (χ3v) is 4.05. The number of hydrogen-bond acceptors (Lipinski definition) is 4. The Balaban J connectivity index is 1.75. The minimum atomic E-state index is -0.928. The molecule has 1 aliphatic rings. The van der Waals surface area contributed by atoms with E-state index in [9.17, 15) is 13.9 Å². The Labute approximate surface area is 131 Å². The number of hydrogen-bond donors (Lipinski definition) is 1. The van der Waals surface area contributed by atoms with Crippen LogP contribution in [-0.4, -0.2) is 50.4 Å². The molecule has 1 aromatic heterocycles. The Kier molecular flexibility index (Phi) is 4.37. The van der Waals surface area contributed by atoms with Crippen LogP contribution in [-0.2, 0) is 6.54 Å². The Morgan fingerprint density at radius 1 is 1.41 bits per heavy atom. The molecule has 118 valence electrons. The van der Waals surface area contributed by atoms with Gasteiger partial charge in [0.15, 0.2) is 0 Å². The fourth-order valence-electron chi connectivity index (χ4n) is 2.64. The molecule has 5 nitrogen and oxygen atoms in total. The van der Waals surface area contributed by atoms with Crippen molar-refractivity contribution < 1.29 is 13.9 Å². The lowest BCUT2D eigenvalue weighted by molar-refractivity contribution is 0.152. The first-order chi connectivity index (χ1) is 10.6. The molecule has 0 amide bonds. The van der Waals surface area contributed by atoms with Crippen LogP contribution in [0.1, 0.15) is 12.1 Å². The van der Waals surface area contributed by atoms with Crippen LogP contribution in [0.4, 0.5) is 8.78 Å². The fourth-order valence-corrected chi connectivity index (χ4v) is 2.81. The van der Waals surface area contributed by atoms with Crippen molar-refractivity contribution in [3.05, 3.63) is 40.9 Å². The summed E-state index contributed by atoms with van der Waals surface area (Å²) >= 11 is 5.75. The van der Waals surface area contributed by atoms with Crippen LogP contribution in [0.3, 0.4) is 0 Å². The van der Waals surface area contributed by atoms with Crippen molar-refractivity contribution in [2.75, 3.05) is 13.2 Å². The van der Waals surface area contributed by atoms with Crippen LogP contribution in [0.15, 0.2) is 24.4 Å². The van der Waals surface area contributed by atoms with E-state index in [-0.39, 0.29) is 24.2 Å². The highest BCUT2D eigenvalue weighted by Gasteiger charge is 2.31. The summed E-state index contributed by atoms with van der Waals surface area (Å²) in [5.41, 5.74) is 1.24. The average molecular weight is 329 g/mol. The van der Waals surface area contributed by atoms with E-state index in [4.69, 9.17) is 11.6 Å². The van der Waals surface area contributed by atoms with Crippen LogP contribution >= 0.6 is 11.6 Å². The summed E-state index contributed by atoms with van der Waals surface area (Å²) in [7, 11) is 0. The van der Waals surface area contributed by atoms with Crippen molar-refractivity contribution in [1.82, 2.24) is 19.9 Å². The molecule has 1 N–H and O–H groups in total. The van der Waals surface area contributed by atoms with Crippen LogP contribution in [0.2, 0.25) is 5.02 Å². The lowest BCUT2D eigenvalue weighted by atomic mass is 10.2. The molecule has 8 heteroatoms. The van der Waals surface area contributed by atoms with Crippen LogP contribution in [0.25, 0.3) is 5.69 Å². The summed E-state index contributed by atoms with van der Waals surface area (Å²) in [5.74, 6) is -0.498. The smallest absolute Gasteiger partial charge is 0.141 e. The molecule has 0 saturated carbocycles. The Bertz CT molecular complexity index is 666. The zero-order valence-corrected chi connectivity index (χ0v) is 12.4. The van der Waals surface area contributed by atoms with E-state index >= 15 is 0 Å². The van der Waals surface area contributed by atoms with Gasteiger partial charge in [-0.3, -0.25) is 4.90 Å². The molecule has 2 aromatic rings. The van der Waals surface area contributed by atoms with Gasteiger partial charge in [0.05, 0.1) is 29.2 Å². The molecule has 1 aliphatic heterocycles. The molecule has 1 aromatic carbocycles. The van der Waals surface area contributed by atoms with Gasteiger partial charge < -0.3 is 5.11 Å². The van der Waals surface area contributed by atoms with E-state index in [1.807, 2.05) is 4.90 Å². The van der Waals surface area contributed by atoms with E-state index in [0.29, 0.717) is 24.3 Å². The summed E-state index contributed by atoms with van der Waals surface area (Å²) in [6.45, 7) is 0.600. The molecule has 0 radical (unpaired) electrons. The Morgan fingerprint density at radius 3 is 2.95 bits per heavy atom. The second kappa shape index (κ2) is 6.28. The first kappa shape index (κ1) is 15.3. The molecule has 0 bridgehead atoms. The number of rotatable bonds is 4. The average Bonchev–Trinajstić information content (AvgIpc) is 3.09. The van der Waals surface area contributed by atoms with E-state index in [1.54, 1.807) is 12.3 Å². The lowest BCUT2D eigenvalue weighted by Crippen LogP contribution is -2.31. The van der Waals surface area contributed by atoms with E-state index in [1.165, 1.54) is 16.8 Å². The lowest BCUT2D eigenvalue weighted by Gasteiger charge is -2.20. The van der Waals surface area contributed by atoms with Crippen molar-refractivity contribution in [1.29, 1.82) is 0 Å². The van der Waals surface area contributed by atoms with Crippen LogP contribution in [0, 0.1) is 5.82 Å². The first-order valence-electron chi connectivity index (χ1n) is 6.92. The molecule has 3 rings (SSSR count). The summed E-state index contributed by atoms with van der Waals surface area (Å²) in [6.07, 6.45) is 1.09. The number of aliphatic hydroxyl groups is 1. The van der Waals surface area contributed by atoms with Crippen LogP contribution in [0.5, 0.6) is 0 Å². The number of benzene rings is 1. The maximum absolute atomic E-state index is 13.4. The van der Waals surface area contributed by atoms with Crippen molar-refractivity contribution in [3.63, 3.8) is 0 Å². The van der Waals surface area contributed by atoms with Gasteiger partial charge in [0, 0.05) is 19.1 Å². The van der Waals surface area contributed by atoms with Crippen molar-refractivity contribution in [2.45, 2.75) is 25.2 Å². The third kappa shape index (κ3) is 3.11. The molecular formula is C14H15ClF2N4O. The van der Waals surface area contributed by atoms with Crippen molar-refractivity contribution in [2.24, 2.45) is 0 Å². The number of aliphatic hydroxyl groups excluding tert-OH is 1. The highest BCUT2D eigenvalue weighted by Crippen LogP contribution is 2.22. The second-order valence-corrected chi connectivity index (χ2v) is 5.76.